The van der Waals surface area contributed by atoms with Gasteiger partial charge in [0.1, 0.15) is 0 Å². The zero-order chi connectivity index (χ0) is 10.0. The molecule has 0 radical (unpaired) electrons. The standard InChI is InChI=1S/C8H10N2O2S/c1-10(2)8(12)6-4-3-5(13-6)7(9)11/h3-4H,1-2H3,(H2,9,11)/p-1. The maximum Gasteiger partial charge on any atom is 0.263 e. The molecule has 0 spiro atoms. The second kappa shape index (κ2) is 3.57. The summed E-state index contributed by atoms with van der Waals surface area (Å²) in [6.07, 6.45) is 0. The molecule has 0 bridgehead atoms. The molecule has 0 aliphatic heterocycles. The van der Waals surface area contributed by atoms with E-state index in [1.165, 1.54) is 11.0 Å². The first kappa shape index (κ1) is 9.73. The first-order chi connectivity index (χ1) is 6.02. The van der Waals surface area contributed by atoms with Crippen molar-refractivity contribution in [3.05, 3.63) is 21.9 Å². The van der Waals surface area contributed by atoms with E-state index in [0.29, 0.717) is 9.75 Å². The summed E-state index contributed by atoms with van der Waals surface area (Å²) >= 11 is 1.05. The summed E-state index contributed by atoms with van der Waals surface area (Å²) in [5, 5.41) is 17.4. The van der Waals surface area contributed by atoms with E-state index < -0.39 is 5.90 Å². The predicted molar refractivity (Wildman–Crippen MR) is 49.2 cm³/mol. The Hall–Kier alpha value is -1.36. The third-order valence-electron chi connectivity index (χ3n) is 1.45. The van der Waals surface area contributed by atoms with Gasteiger partial charge < -0.3 is 15.4 Å². The molecule has 1 heterocycles. The van der Waals surface area contributed by atoms with Crippen molar-refractivity contribution < 1.29 is 9.90 Å². The number of hydrogen-bond acceptors (Lipinski definition) is 4. The van der Waals surface area contributed by atoms with Gasteiger partial charge in [0.05, 0.1) is 4.88 Å². The quantitative estimate of drug-likeness (QED) is 0.541. The molecule has 1 aromatic heterocycles. The summed E-state index contributed by atoms with van der Waals surface area (Å²) in [6, 6.07) is 3.06. The molecule has 0 unspecified atom stereocenters. The van der Waals surface area contributed by atoms with Gasteiger partial charge in [-0.1, -0.05) is 0 Å². The summed E-state index contributed by atoms with van der Waals surface area (Å²) in [5.74, 6) is -0.889. The van der Waals surface area contributed by atoms with E-state index in [-0.39, 0.29) is 5.91 Å². The van der Waals surface area contributed by atoms with E-state index in [2.05, 4.69) is 0 Å². The monoisotopic (exact) mass is 197 g/mol. The Balaban J connectivity index is 2.92. The van der Waals surface area contributed by atoms with E-state index in [0.717, 1.165) is 11.3 Å². The van der Waals surface area contributed by atoms with Crippen molar-refractivity contribution in [3.63, 3.8) is 0 Å². The summed E-state index contributed by atoms with van der Waals surface area (Å²) in [6.45, 7) is 0. The van der Waals surface area contributed by atoms with Gasteiger partial charge in [0, 0.05) is 19.0 Å². The van der Waals surface area contributed by atoms with Gasteiger partial charge in [-0.05, 0) is 18.0 Å². The molecule has 0 atom stereocenters. The average Bonchev–Trinajstić information content (AvgIpc) is 2.50. The van der Waals surface area contributed by atoms with Crippen molar-refractivity contribution in [1.29, 1.82) is 5.41 Å². The fourth-order valence-electron chi connectivity index (χ4n) is 0.795. The van der Waals surface area contributed by atoms with Crippen molar-refractivity contribution >= 4 is 23.1 Å². The molecular weight excluding hydrogens is 188 g/mol. The fraction of sp³-hybridized carbons (Fsp3) is 0.250. The highest BCUT2D eigenvalue weighted by atomic mass is 32.1. The molecule has 0 saturated carbocycles. The molecule has 0 aliphatic carbocycles. The van der Waals surface area contributed by atoms with E-state index in [1.807, 2.05) is 0 Å². The van der Waals surface area contributed by atoms with Crippen molar-refractivity contribution in [1.82, 2.24) is 4.90 Å². The molecule has 0 aliphatic rings. The van der Waals surface area contributed by atoms with Crippen molar-refractivity contribution in [2.45, 2.75) is 0 Å². The third-order valence-corrected chi connectivity index (χ3v) is 2.52. The molecule has 13 heavy (non-hydrogen) atoms. The smallest absolute Gasteiger partial charge is 0.263 e. The van der Waals surface area contributed by atoms with Crippen molar-refractivity contribution in [3.8, 4) is 0 Å². The van der Waals surface area contributed by atoms with Crippen LogP contribution in [0.5, 0.6) is 0 Å². The normalized spacial score (nSPS) is 9.69. The van der Waals surface area contributed by atoms with Gasteiger partial charge in [-0.15, -0.1) is 11.3 Å². The van der Waals surface area contributed by atoms with Gasteiger partial charge >= 0.3 is 0 Å². The van der Waals surface area contributed by atoms with Crippen LogP contribution in [0.2, 0.25) is 0 Å². The zero-order valence-corrected chi connectivity index (χ0v) is 8.14. The minimum atomic E-state index is -0.747. The van der Waals surface area contributed by atoms with Crippen LogP contribution in [0.25, 0.3) is 0 Å². The Labute approximate surface area is 79.9 Å². The second-order valence-electron chi connectivity index (χ2n) is 2.69. The lowest BCUT2D eigenvalue weighted by atomic mass is 10.4. The van der Waals surface area contributed by atoms with Gasteiger partial charge in [-0.25, -0.2) is 0 Å². The van der Waals surface area contributed by atoms with Crippen molar-refractivity contribution in [2.24, 2.45) is 0 Å². The Bertz CT molecular complexity index is 344. The number of carbonyl (C=O) groups is 1. The molecule has 0 fully saturated rings. The first-order valence-corrected chi connectivity index (χ1v) is 4.41. The lowest BCUT2D eigenvalue weighted by molar-refractivity contribution is -0.214. The molecule has 1 rings (SSSR count). The Kier molecular flexibility index (Phi) is 2.67. The maximum absolute atomic E-state index is 11.3. The van der Waals surface area contributed by atoms with Gasteiger partial charge in [0.25, 0.3) is 5.91 Å². The first-order valence-electron chi connectivity index (χ1n) is 3.60. The molecule has 1 aromatic rings. The lowest BCUT2D eigenvalue weighted by Crippen LogP contribution is -2.20. The summed E-state index contributed by atoms with van der Waals surface area (Å²) in [5.41, 5.74) is 0. The Morgan fingerprint density at radius 1 is 1.46 bits per heavy atom. The number of carbonyl (C=O) groups excluding carboxylic acids is 1. The number of nitrogens with one attached hydrogen (secondary N) is 1. The molecule has 70 valence electrons. The van der Waals surface area contributed by atoms with Crippen LogP contribution >= 0.6 is 11.3 Å². The highest BCUT2D eigenvalue weighted by Crippen LogP contribution is 2.16. The van der Waals surface area contributed by atoms with E-state index in [1.54, 1.807) is 20.2 Å². The lowest BCUT2D eigenvalue weighted by Gasteiger charge is -2.07. The predicted octanol–water partition coefficient (Wildman–Crippen LogP) is 0.136. The van der Waals surface area contributed by atoms with E-state index in [4.69, 9.17) is 5.41 Å². The largest absolute Gasteiger partial charge is 0.858 e. The fourth-order valence-corrected chi connectivity index (χ4v) is 1.67. The molecule has 1 amide bonds. The summed E-state index contributed by atoms with van der Waals surface area (Å²) in [7, 11) is 3.29. The highest BCUT2D eigenvalue weighted by Gasteiger charge is 2.10. The number of thiophene rings is 1. The van der Waals surface area contributed by atoms with Crippen LogP contribution in [0.15, 0.2) is 12.1 Å². The van der Waals surface area contributed by atoms with Crippen LogP contribution in [-0.4, -0.2) is 30.8 Å². The van der Waals surface area contributed by atoms with Crippen molar-refractivity contribution in [2.75, 3.05) is 14.1 Å². The Morgan fingerprint density at radius 3 is 2.38 bits per heavy atom. The van der Waals surface area contributed by atoms with Gasteiger partial charge in [0.2, 0.25) is 0 Å². The molecule has 4 nitrogen and oxygen atoms in total. The van der Waals surface area contributed by atoms with Crippen LogP contribution < -0.4 is 5.11 Å². The minimum Gasteiger partial charge on any atom is -0.858 e. The maximum atomic E-state index is 11.3. The minimum absolute atomic E-state index is 0.141. The molecule has 5 heteroatoms. The van der Waals surface area contributed by atoms with Gasteiger partial charge in [-0.3, -0.25) is 4.79 Å². The molecular formula is C8H9N2O2S-. The number of rotatable bonds is 2. The van der Waals surface area contributed by atoms with Crippen LogP contribution in [-0.2, 0) is 0 Å². The molecule has 0 aromatic carbocycles. The number of amides is 1. The van der Waals surface area contributed by atoms with Crippen LogP contribution in [0.4, 0.5) is 0 Å². The third kappa shape index (κ3) is 2.06. The number of nitrogens with zero attached hydrogens (tertiary/aromatic N) is 1. The number of hydrogen-bond donors (Lipinski definition) is 1. The van der Waals surface area contributed by atoms with E-state index >= 15 is 0 Å². The van der Waals surface area contributed by atoms with Gasteiger partial charge in [0.15, 0.2) is 0 Å². The zero-order valence-electron chi connectivity index (χ0n) is 7.33. The Morgan fingerprint density at radius 2 is 2.00 bits per heavy atom. The van der Waals surface area contributed by atoms with Crippen LogP contribution in [0, 0.1) is 5.41 Å². The topological polar surface area (TPSA) is 67.2 Å². The summed E-state index contributed by atoms with van der Waals surface area (Å²) < 4.78 is 0. The molecule has 1 N–H and O–H groups in total. The van der Waals surface area contributed by atoms with Gasteiger partial charge in [-0.2, -0.15) is 0 Å². The molecule has 0 saturated heterocycles. The van der Waals surface area contributed by atoms with Crippen LogP contribution in [0.3, 0.4) is 0 Å². The van der Waals surface area contributed by atoms with E-state index in [9.17, 15) is 9.90 Å². The highest BCUT2D eigenvalue weighted by molar-refractivity contribution is 7.15. The average molecular weight is 197 g/mol. The second-order valence-corrected chi connectivity index (χ2v) is 3.78. The summed E-state index contributed by atoms with van der Waals surface area (Å²) in [4.78, 5) is 13.6. The SMILES string of the molecule is CN(C)C(=O)c1ccc(C(=N)[O-])s1. The van der Waals surface area contributed by atoms with Crippen LogP contribution in [0.1, 0.15) is 14.5 Å².